The monoisotopic (exact) mass is 415 g/mol. The quantitative estimate of drug-likeness (QED) is 0.802. The topological polar surface area (TPSA) is 59.0 Å². The van der Waals surface area contributed by atoms with Gasteiger partial charge in [-0.1, -0.05) is 24.6 Å². The molecule has 2 saturated heterocycles. The van der Waals surface area contributed by atoms with Crippen molar-refractivity contribution in [3.8, 4) is 5.75 Å². The second kappa shape index (κ2) is 9.34. The summed E-state index contributed by atoms with van der Waals surface area (Å²) in [7, 11) is 0. The molecule has 3 fully saturated rings. The van der Waals surface area contributed by atoms with Crippen LogP contribution in [0.5, 0.6) is 5.75 Å². The van der Waals surface area contributed by atoms with E-state index in [2.05, 4.69) is 4.90 Å². The summed E-state index contributed by atoms with van der Waals surface area (Å²) in [6.07, 6.45) is 2.89. The molecule has 1 aromatic rings. The standard InChI is InChI=1S/C19H27NO2.C2HF3O2/c1-2-7-17(8-3-1)22-18-13-19(21-15-18)9-11-20(12-10-19)14-16-5-4-6-16;3-2(4,5)1(6)7/h1-3,7-8,16,18H,4-6,9-15H2;(H,6,7). The van der Waals surface area contributed by atoms with Crippen molar-refractivity contribution in [1.29, 1.82) is 0 Å². The average Bonchev–Trinajstić information content (AvgIpc) is 3.03. The van der Waals surface area contributed by atoms with Gasteiger partial charge in [-0.2, -0.15) is 13.2 Å². The number of piperidine rings is 1. The third-order valence-electron chi connectivity index (χ3n) is 5.97. The Balaban J connectivity index is 0.000000298. The van der Waals surface area contributed by atoms with E-state index in [4.69, 9.17) is 19.4 Å². The number of para-hydroxylation sites is 1. The molecule has 0 bridgehead atoms. The van der Waals surface area contributed by atoms with E-state index in [1.165, 1.54) is 51.7 Å². The van der Waals surface area contributed by atoms with Crippen molar-refractivity contribution in [3.05, 3.63) is 30.3 Å². The van der Waals surface area contributed by atoms with Gasteiger partial charge in [-0.3, -0.25) is 0 Å². The molecule has 1 spiro atoms. The summed E-state index contributed by atoms with van der Waals surface area (Å²) in [5.74, 6) is -0.809. The Kier molecular flexibility index (Phi) is 7.05. The lowest BCUT2D eigenvalue weighted by Gasteiger charge is -2.41. The summed E-state index contributed by atoms with van der Waals surface area (Å²) in [6, 6.07) is 10.1. The van der Waals surface area contributed by atoms with Crippen LogP contribution in [0.2, 0.25) is 0 Å². The Morgan fingerprint density at radius 2 is 1.83 bits per heavy atom. The molecular weight excluding hydrogens is 387 g/mol. The highest BCUT2D eigenvalue weighted by Gasteiger charge is 2.44. The van der Waals surface area contributed by atoms with Crippen LogP contribution >= 0.6 is 0 Å². The molecular formula is C21H28F3NO4. The van der Waals surface area contributed by atoms with Crippen LogP contribution in [0.25, 0.3) is 0 Å². The summed E-state index contributed by atoms with van der Waals surface area (Å²) < 4.78 is 44.0. The minimum absolute atomic E-state index is 0.0928. The fraction of sp³-hybridized carbons (Fsp3) is 0.667. The second-order valence-corrected chi connectivity index (χ2v) is 8.15. The molecule has 3 aliphatic rings. The molecule has 0 radical (unpaired) electrons. The molecule has 162 valence electrons. The number of hydrogen-bond acceptors (Lipinski definition) is 4. The predicted octanol–water partition coefficient (Wildman–Crippen LogP) is 4.12. The van der Waals surface area contributed by atoms with Gasteiger partial charge in [0.15, 0.2) is 0 Å². The molecule has 5 nitrogen and oxygen atoms in total. The van der Waals surface area contributed by atoms with E-state index >= 15 is 0 Å². The van der Waals surface area contributed by atoms with Gasteiger partial charge in [0, 0.05) is 26.1 Å². The van der Waals surface area contributed by atoms with Crippen LogP contribution in [0, 0.1) is 5.92 Å². The van der Waals surface area contributed by atoms with E-state index in [1.54, 1.807) is 0 Å². The van der Waals surface area contributed by atoms with Crippen LogP contribution in [-0.4, -0.2) is 60.1 Å². The van der Waals surface area contributed by atoms with Gasteiger partial charge in [0.25, 0.3) is 0 Å². The van der Waals surface area contributed by atoms with Crippen LogP contribution in [-0.2, 0) is 9.53 Å². The molecule has 8 heteroatoms. The number of ether oxygens (including phenoxy) is 2. The van der Waals surface area contributed by atoms with Crippen molar-refractivity contribution in [3.63, 3.8) is 0 Å². The Morgan fingerprint density at radius 1 is 1.21 bits per heavy atom. The number of carboxylic acid groups (broad SMARTS) is 1. The number of likely N-dealkylation sites (tertiary alicyclic amines) is 1. The molecule has 0 aromatic heterocycles. The zero-order chi connectivity index (χ0) is 20.9. The molecule has 29 heavy (non-hydrogen) atoms. The van der Waals surface area contributed by atoms with Crippen molar-refractivity contribution >= 4 is 5.97 Å². The number of rotatable bonds is 4. The molecule has 1 unspecified atom stereocenters. The summed E-state index contributed by atoms with van der Waals surface area (Å²) in [6.45, 7) is 4.47. The summed E-state index contributed by atoms with van der Waals surface area (Å²) in [5, 5.41) is 7.12. The first kappa shape index (κ1) is 21.9. The van der Waals surface area contributed by atoms with E-state index in [9.17, 15) is 13.2 Å². The van der Waals surface area contributed by atoms with Gasteiger partial charge in [-0.15, -0.1) is 0 Å². The highest BCUT2D eigenvalue weighted by Crippen LogP contribution is 2.38. The zero-order valence-electron chi connectivity index (χ0n) is 16.4. The minimum Gasteiger partial charge on any atom is -0.488 e. The Morgan fingerprint density at radius 3 is 2.34 bits per heavy atom. The van der Waals surface area contributed by atoms with Crippen LogP contribution in [0.1, 0.15) is 38.5 Å². The predicted molar refractivity (Wildman–Crippen MR) is 101 cm³/mol. The van der Waals surface area contributed by atoms with Gasteiger partial charge in [0.05, 0.1) is 12.2 Å². The molecule has 1 aliphatic carbocycles. The lowest BCUT2D eigenvalue weighted by molar-refractivity contribution is -0.192. The summed E-state index contributed by atoms with van der Waals surface area (Å²) in [5.41, 5.74) is 0.0928. The summed E-state index contributed by atoms with van der Waals surface area (Å²) in [4.78, 5) is 11.6. The molecule has 1 atom stereocenters. The van der Waals surface area contributed by atoms with Gasteiger partial charge in [0.1, 0.15) is 11.9 Å². The molecule has 1 N–H and O–H groups in total. The van der Waals surface area contributed by atoms with Crippen molar-refractivity contribution in [2.45, 2.75) is 56.4 Å². The number of carboxylic acids is 1. The van der Waals surface area contributed by atoms with Crippen molar-refractivity contribution in [1.82, 2.24) is 4.90 Å². The van der Waals surface area contributed by atoms with Crippen LogP contribution < -0.4 is 4.74 Å². The number of hydrogen-bond donors (Lipinski definition) is 1. The molecule has 1 aromatic carbocycles. The van der Waals surface area contributed by atoms with E-state index < -0.39 is 12.1 Å². The second-order valence-electron chi connectivity index (χ2n) is 8.15. The lowest BCUT2D eigenvalue weighted by atomic mass is 9.83. The summed E-state index contributed by atoms with van der Waals surface area (Å²) >= 11 is 0. The van der Waals surface area contributed by atoms with Crippen molar-refractivity contribution < 1.29 is 32.5 Å². The van der Waals surface area contributed by atoms with Crippen molar-refractivity contribution in [2.75, 3.05) is 26.2 Å². The number of benzene rings is 1. The maximum atomic E-state index is 10.6. The first-order chi connectivity index (χ1) is 13.8. The van der Waals surface area contributed by atoms with E-state index in [1.807, 2.05) is 30.3 Å². The lowest BCUT2D eigenvalue weighted by Crippen LogP contribution is -2.46. The van der Waals surface area contributed by atoms with Crippen LogP contribution in [0.3, 0.4) is 0 Å². The smallest absolute Gasteiger partial charge is 0.488 e. The molecule has 1 saturated carbocycles. The Hall–Kier alpha value is -1.80. The Bertz CT molecular complexity index is 656. The number of alkyl halides is 3. The maximum absolute atomic E-state index is 10.6. The van der Waals surface area contributed by atoms with E-state index in [-0.39, 0.29) is 11.7 Å². The van der Waals surface area contributed by atoms with Gasteiger partial charge in [-0.05, 0) is 43.7 Å². The van der Waals surface area contributed by atoms with E-state index in [0.717, 1.165) is 24.7 Å². The normalized spacial score (nSPS) is 24.4. The number of halogens is 3. The number of nitrogens with zero attached hydrogens (tertiary/aromatic N) is 1. The molecule has 2 aliphatic heterocycles. The SMILES string of the molecule is O=C(O)C(F)(F)F.c1ccc(OC2COC3(CCN(CC4CCC4)CC3)C2)cc1. The third kappa shape index (κ3) is 6.34. The Labute approximate surface area is 168 Å². The van der Waals surface area contributed by atoms with Crippen molar-refractivity contribution in [2.24, 2.45) is 5.92 Å². The first-order valence-corrected chi connectivity index (χ1v) is 10.1. The highest BCUT2D eigenvalue weighted by atomic mass is 19.4. The third-order valence-corrected chi connectivity index (χ3v) is 5.97. The highest BCUT2D eigenvalue weighted by molar-refractivity contribution is 5.73. The largest absolute Gasteiger partial charge is 0.490 e. The fourth-order valence-corrected chi connectivity index (χ4v) is 4.10. The average molecular weight is 415 g/mol. The molecule has 4 rings (SSSR count). The van der Waals surface area contributed by atoms with Gasteiger partial charge in [-0.25, -0.2) is 4.79 Å². The van der Waals surface area contributed by atoms with Gasteiger partial charge < -0.3 is 19.5 Å². The molecule has 0 amide bonds. The molecule has 2 heterocycles. The first-order valence-electron chi connectivity index (χ1n) is 10.1. The maximum Gasteiger partial charge on any atom is 0.490 e. The van der Waals surface area contributed by atoms with Gasteiger partial charge >= 0.3 is 12.1 Å². The van der Waals surface area contributed by atoms with Gasteiger partial charge in [0.2, 0.25) is 0 Å². The van der Waals surface area contributed by atoms with Crippen LogP contribution in [0.4, 0.5) is 13.2 Å². The number of carbonyl (C=O) groups is 1. The fourth-order valence-electron chi connectivity index (χ4n) is 4.10. The number of aliphatic carboxylic acids is 1. The zero-order valence-corrected chi connectivity index (χ0v) is 16.4. The van der Waals surface area contributed by atoms with Crippen LogP contribution in [0.15, 0.2) is 30.3 Å². The minimum atomic E-state index is -5.08. The van der Waals surface area contributed by atoms with E-state index in [0.29, 0.717) is 0 Å².